The van der Waals surface area contributed by atoms with Crippen LogP contribution in [0.4, 0.5) is 5.69 Å². The number of para-hydroxylation sites is 1. The van der Waals surface area contributed by atoms with Crippen molar-refractivity contribution < 1.29 is 4.74 Å². The highest BCUT2D eigenvalue weighted by Crippen LogP contribution is 2.24. The number of ether oxygens (including phenoxy) is 1. The monoisotopic (exact) mass is 410 g/mol. The van der Waals surface area contributed by atoms with Crippen LogP contribution in [0.3, 0.4) is 0 Å². The third kappa shape index (κ3) is 3.97. The van der Waals surface area contributed by atoms with Crippen molar-refractivity contribution in [3.8, 4) is 5.69 Å². The predicted molar refractivity (Wildman–Crippen MR) is 127 cm³/mol. The van der Waals surface area contributed by atoms with Gasteiger partial charge in [0.15, 0.2) is 0 Å². The summed E-state index contributed by atoms with van der Waals surface area (Å²) in [6, 6.07) is 19.0. The van der Waals surface area contributed by atoms with Crippen molar-refractivity contribution in [1.82, 2.24) is 14.5 Å². The van der Waals surface area contributed by atoms with Gasteiger partial charge in [0, 0.05) is 35.9 Å². The smallest absolute Gasteiger partial charge is 0.0914 e. The number of benzene rings is 2. The molecule has 0 saturated carbocycles. The first-order chi connectivity index (χ1) is 15.2. The van der Waals surface area contributed by atoms with Crippen LogP contribution in [0.2, 0.25) is 0 Å². The number of hydrogen-bond acceptors (Lipinski definition) is 4. The number of aromatic nitrogens is 3. The molecule has 156 valence electrons. The average Bonchev–Trinajstić information content (AvgIpc) is 3.11. The highest BCUT2D eigenvalue weighted by Gasteiger charge is 2.12. The molecule has 5 rings (SSSR count). The third-order valence-corrected chi connectivity index (χ3v) is 5.84. The first-order valence-corrected chi connectivity index (χ1v) is 10.7. The van der Waals surface area contributed by atoms with Crippen molar-refractivity contribution in [2.75, 3.05) is 31.2 Å². The number of hydrogen-bond donors (Lipinski definition) is 0. The average molecular weight is 411 g/mol. The van der Waals surface area contributed by atoms with E-state index in [9.17, 15) is 0 Å². The summed E-state index contributed by atoms with van der Waals surface area (Å²) < 4.78 is 7.75. The fraction of sp³-hybridized carbons (Fsp3) is 0.231. The van der Waals surface area contributed by atoms with E-state index >= 15 is 0 Å². The Balaban J connectivity index is 1.44. The molecule has 2 aromatic heterocycles. The molecule has 1 aliphatic heterocycles. The number of aryl methyl sites for hydroxylation is 1. The van der Waals surface area contributed by atoms with Gasteiger partial charge in [0.25, 0.3) is 0 Å². The highest BCUT2D eigenvalue weighted by atomic mass is 16.5. The van der Waals surface area contributed by atoms with Gasteiger partial charge in [-0.15, -0.1) is 0 Å². The number of nitrogens with zero attached hydrogens (tertiary/aromatic N) is 4. The Labute approximate surface area is 182 Å². The molecule has 0 aliphatic carbocycles. The second-order valence-electron chi connectivity index (χ2n) is 7.90. The topological polar surface area (TPSA) is 43.2 Å². The first-order valence-electron chi connectivity index (χ1n) is 10.7. The molecule has 31 heavy (non-hydrogen) atoms. The number of morpholine rings is 1. The Bertz CT molecular complexity index is 1240. The Morgan fingerprint density at radius 1 is 0.871 bits per heavy atom. The van der Waals surface area contributed by atoms with Gasteiger partial charge in [0.05, 0.1) is 36.1 Å². The van der Waals surface area contributed by atoms with Crippen molar-refractivity contribution in [2.24, 2.45) is 0 Å². The quantitative estimate of drug-likeness (QED) is 0.473. The van der Waals surface area contributed by atoms with Crippen LogP contribution in [-0.4, -0.2) is 40.8 Å². The SMILES string of the molecule is Cc1cc(C=Cc2cnc3ccc(N4CCOCC4)cc3n2)c(C)n1-c1ccccc1. The lowest BCUT2D eigenvalue weighted by Crippen LogP contribution is -2.36. The summed E-state index contributed by atoms with van der Waals surface area (Å²) in [5.74, 6) is 0. The largest absolute Gasteiger partial charge is 0.378 e. The van der Waals surface area contributed by atoms with Crippen LogP contribution >= 0.6 is 0 Å². The Hall–Kier alpha value is -3.44. The maximum Gasteiger partial charge on any atom is 0.0914 e. The summed E-state index contributed by atoms with van der Waals surface area (Å²) in [7, 11) is 0. The van der Waals surface area contributed by atoms with Gasteiger partial charge in [-0.05, 0) is 61.9 Å². The van der Waals surface area contributed by atoms with Crippen LogP contribution in [0.1, 0.15) is 22.6 Å². The molecule has 0 spiro atoms. The van der Waals surface area contributed by atoms with Crippen molar-refractivity contribution in [3.05, 3.63) is 83.4 Å². The van der Waals surface area contributed by atoms with E-state index in [0.29, 0.717) is 0 Å². The van der Waals surface area contributed by atoms with Gasteiger partial charge in [-0.3, -0.25) is 4.98 Å². The van der Waals surface area contributed by atoms with Crippen LogP contribution < -0.4 is 4.90 Å². The van der Waals surface area contributed by atoms with E-state index in [-0.39, 0.29) is 0 Å². The second-order valence-corrected chi connectivity index (χ2v) is 7.90. The normalized spacial score (nSPS) is 14.6. The van der Waals surface area contributed by atoms with Crippen molar-refractivity contribution >= 4 is 28.9 Å². The van der Waals surface area contributed by atoms with Gasteiger partial charge in [-0.1, -0.05) is 24.3 Å². The molecule has 0 bridgehead atoms. The van der Waals surface area contributed by atoms with Crippen LogP contribution in [-0.2, 0) is 4.74 Å². The number of anilines is 1. The fourth-order valence-corrected chi connectivity index (χ4v) is 4.22. The van der Waals surface area contributed by atoms with Gasteiger partial charge in [0.2, 0.25) is 0 Å². The van der Waals surface area contributed by atoms with Gasteiger partial charge in [-0.25, -0.2) is 4.98 Å². The molecule has 2 aromatic carbocycles. The molecular weight excluding hydrogens is 384 g/mol. The van der Waals surface area contributed by atoms with Gasteiger partial charge in [-0.2, -0.15) is 0 Å². The van der Waals surface area contributed by atoms with Crippen LogP contribution in [0, 0.1) is 13.8 Å². The molecular formula is C26H26N4O. The van der Waals surface area contributed by atoms with E-state index in [4.69, 9.17) is 9.72 Å². The van der Waals surface area contributed by atoms with E-state index in [0.717, 1.165) is 43.0 Å². The lowest BCUT2D eigenvalue weighted by atomic mass is 10.2. The van der Waals surface area contributed by atoms with E-state index < -0.39 is 0 Å². The summed E-state index contributed by atoms with van der Waals surface area (Å²) >= 11 is 0. The van der Waals surface area contributed by atoms with Gasteiger partial charge in [0.1, 0.15) is 0 Å². The first kappa shape index (κ1) is 19.5. The zero-order chi connectivity index (χ0) is 21.2. The minimum atomic E-state index is 0.772. The molecule has 0 amide bonds. The zero-order valence-electron chi connectivity index (χ0n) is 18.0. The minimum Gasteiger partial charge on any atom is -0.378 e. The van der Waals surface area contributed by atoms with E-state index in [1.54, 1.807) is 0 Å². The summed E-state index contributed by atoms with van der Waals surface area (Å²) in [5, 5.41) is 0. The Morgan fingerprint density at radius 2 is 1.68 bits per heavy atom. The molecule has 0 unspecified atom stereocenters. The van der Waals surface area contributed by atoms with Crippen molar-refractivity contribution in [2.45, 2.75) is 13.8 Å². The standard InChI is InChI=1S/C26H26N4O/c1-19-16-21(20(2)30(19)23-6-4-3-5-7-23)8-9-22-18-27-25-11-10-24(17-26(25)28-22)29-12-14-31-15-13-29/h3-11,16-18H,12-15H2,1-2H3. The molecule has 0 radical (unpaired) electrons. The molecule has 0 N–H and O–H groups in total. The van der Waals surface area contributed by atoms with E-state index in [2.05, 4.69) is 76.8 Å². The molecule has 3 heterocycles. The third-order valence-electron chi connectivity index (χ3n) is 5.84. The zero-order valence-corrected chi connectivity index (χ0v) is 18.0. The Kier molecular flexibility index (Phi) is 5.26. The molecule has 5 heteroatoms. The lowest BCUT2D eigenvalue weighted by molar-refractivity contribution is 0.122. The molecule has 1 aliphatic rings. The van der Waals surface area contributed by atoms with Crippen molar-refractivity contribution in [1.29, 1.82) is 0 Å². The predicted octanol–water partition coefficient (Wildman–Crippen LogP) is 5.04. The maximum atomic E-state index is 5.47. The van der Waals surface area contributed by atoms with Crippen molar-refractivity contribution in [3.63, 3.8) is 0 Å². The van der Waals surface area contributed by atoms with Crippen LogP contribution in [0.25, 0.3) is 28.9 Å². The molecule has 1 fully saturated rings. The molecule has 1 saturated heterocycles. The second kappa shape index (κ2) is 8.36. The summed E-state index contributed by atoms with van der Waals surface area (Å²) in [6.45, 7) is 7.66. The fourth-order valence-electron chi connectivity index (χ4n) is 4.22. The molecule has 0 atom stereocenters. The molecule has 4 aromatic rings. The molecule has 5 nitrogen and oxygen atoms in total. The van der Waals surface area contributed by atoms with Crippen LogP contribution in [0.5, 0.6) is 0 Å². The summed E-state index contributed by atoms with van der Waals surface area (Å²) in [4.78, 5) is 11.8. The summed E-state index contributed by atoms with van der Waals surface area (Å²) in [6.07, 6.45) is 6.01. The number of rotatable bonds is 4. The van der Waals surface area contributed by atoms with Gasteiger partial charge >= 0.3 is 0 Å². The van der Waals surface area contributed by atoms with Gasteiger partial charge < -0.3 is 14.2 Å². The maximum absolute atomic E-state index is 5.47. The minimum absolute atomic E-state index is 0.772. The van der Waals surface area contributed by atoms with E-state index in [1.165, 1.54) is 28.3 Å². The lowest BCUT2D eigenvalue weighted by Gasteiger charge is -2.28. The van der Waals surface area contributed by atoms with Crippen LogP contribution in [0.15, 0.2) is 60.8 Å². The summed E-state index contributed by atoms with van der Waals surface area (Å²) in [5.41, 5.74) is 8.65. The highest BCUT2D eigenvalue weighted by molar-refractivity contribution is 5.80. The van der Waals surface area contributed by atoms with E-state index in [1.807, 2.05) is 24.4 Å². The Morgan fingerprint density at radius 3 is 2.48 bits per heavy atom. The number of fused-ring (bicyclic) bond motifs is 1.